The van der Waals surface area contributed by atoms with Crippen molar-refractivity contribution in [2.45, 2.75) is 6.54 Å². The molecule has 2 aromatic carbocycles. The van der Waals surface area contributed by atoms with Crippen LogP contribution in [-0.4, -0.2) is 24.9 Å². The Bertz CT molecular complexity index is 1370. The van der Waals surface area contributed by atoms with Crippen molar-refractivity contribution in [3.8, 4) is 0 Å². The number of aromatic amines is 2. The van der Waals surface area contributed by atoms with E-state index in [4.69, 9.17) is 0 Å². The lowest BCUT2D eigenvalue weighted by atomic mass is 10.1. The maximum absolute atomic E-state index is 11.4. The lowest BCUT2D eigenvalue weighted by Crippen LogP contribution is -2.07. The lowest BCUT2D eigenvalue weighted by molar-refractivity contribution is -0.384. The van der Waals surface area contributed by atoms with E-state index in [0.717, 1.165) is 33.1 Å². The van der Waals surface area contributed by atoms with E-state index in [2.05, 4.69) is 30.6 Å². The fraction of sp³-hybridized carbons (Fsp3) is 0.0476. The molecule has 0 fully saturated rings. The van der Waals surface area contributed by atoms with Crippen LogP contribution >= 0.6 is 0 Å². The highest BCUT2D eigenvalue weighted by Crippen LogP contribution is 2.26. The van der Waals surface area contributed by atoms with Crippen LogP contribution in [0.4, 0.5) is 23.1 Å². The second-order valence-electron chi connectivity index (χ2n) is 6.84. The fourth-order valence-corrected chi connectivity index (χ4v) is 3.36. The van der Waals surface area contributed by atoms with Crippen molar-refractivity contribution in [2.24, 2.45) is 0 Å². The molecule has 0 atom stereocenters. The summed E-state index contributed by atoms with van der Waals surface area (Å²) in [6.45, 7) is 0.397. The van der Waals surface area contributed by atoms with E-state index >= 15 is 0 Å². The number of nitrogens with zero attached hydrogens (tertiary/aromatic N) is 3. The normalized spacial score (nSPS) is 11.1. The van der Waals surface area contributed by atoms with Crippen LogP contribution in [0.3, 0.4) is 0 Å². The zero-order chi connectivity index (χ0) is 20.5. The maximum atomic E-state index is 11.4. The van der Waals surface area contributed by atoms with Crippen LogP contribution in [0.15, 0.2) is 67.1 Å². The Balaban J connectivity index is 1.39. The zero-order valence-corrected chi connectivity index (χ0v) is 15.7. The molecule has 0 unspecified atom stereocenters. The van der Waals surface area contributed by atoms with Crippen LogP contribution in [-0.2, 0) is 6.54 Å². The number of anilines is 3. The highest BCUT2D eigenvalue weighted by atomic mass is 16.6. The van der Waals surface area contributed by atoms with E-state index in [-0.39, 0.29) is 17.5 Å². The number of aromatic nitrogens is 4. The average molecular weight is 399 g/mol. The minimum Gasteiger partial charge on any atom is -0.361 e. The number of hydrogen-bond acceptors (Lipinski definition) is 6. The van der Waals surface area contributed by atoms with Crippen molar-refractivity contribution in [1.29, 1.82) is 0 Å². The average Bonchev–Trinajstić information content (AvgIpc) is 3.40. The molecular weight excluding hydrogens is 382 g/mol. The molecule has 9 nitrogen and oxygen atoms in total. The second-order valence-corrected chi connectivity index (χ2v) is 6.84. The molecule has 3 heterocycles. The number of nitro groups is 1. The monoisotopic (exact) mass is 399 g/mol. The third-order valence-electron chi connectivity index (χ3n) is 4.85. The maximum Gasteiger partial charge on any atom is 0.329 e. The van der Waals surface area contributed by atoms with Gasteiger partial charge in [0, 0.05) is 41.0 Å². The summed E-state index contributed by atoms with van der Waals surface area (Å²) in [5.41, 5.74) is 3.66. The Morgan fingerprint density at radius 2 is 1.70 bits per heavy atom. The topological polar surface area (TPSA) is 125 Å². The van der Waals surface area contributed by atoms with Gasteiger partial charge in [-0.25, -0.2) is 4.98 Å². The molecule has 0 radical (unpaired) electrons. The van der Waals surface area contributed by atoms with Gasteiger partial charge in [0.2, 0.25) is 11.8 Å². The van der Waals surface area contributed by atoms with E-state index in [0.29, 0.717) is 6.54 Å². The molecule has 0 saturated carbocycles. The van der Waals surface area contributed by atoms with Crippen LogP contribution in [0.5, 0.6) is 0 Å². The molecule has 0 aliphatic heterocycles. The first kappa shape index (κ1) is 17.7. The zero-order valence-electron chi connectivity index (χ0n) is 15.7. The summed E-state index contributed by atoms with van der Waals surface area (Å²) in [5, 5.41) is 19.7. The smallest absolute Gasteiger partial charge is 0.329 e. The van der Waals surface area contributed by atoms with Crippen LogP contribution in [0, 0.1) is 10.1 Å². The Labute approximate surface area is 170 Å². The Hall–Kier alpha value is -4.40. The molecule has 148 valence electrons. The molecule has 5 aromatic rings. The van der Waals surface area contributed by atoms with Gasteiger partial charge in [0.05, 0.1) is 4.92 Å². The van der Waals surface area contributed by atoms with Crippen LogP contribution < -0.4 is 10.6 Å². The summed E-state index contributed by atoms with van der Waals surface area (Å²) in [5.74, 6) is 0.438. The number of rotatable bonds is 6. The van der Waals surface area contributed by atoms with Gasteiger partial charge in [-0.3, -0.25) is 10.1 Å². The molecule has 0 amide bonds. The van der Waals surface area contributed by atoms with E-state index in [1.54, 1.807) is 0 Å². The standard InChI is InChI=1S/C21H17N7O2/c29-28(30)19-12-25-21(26-16-2-4-18-15(10-16)6-8-23-18)27-20(19)24-11-13-1-3-17-14(9-13)5-7-22-17/h1-10,12,22-23H,11H2,(H2,24,25,26,27). The van der Waals surface area contributed by atoms with E-state index in [9.17, 15) is 10.1 Å². The number of nitrogens with one attached hydrogen (secondary N) is 4. The molecule has 3 aromatic heterocycles. The summed E-state index contributed by atoms with van der Waals surface area (Å²) in [4.78, 5) is 25.6. The van der Waals surface area contributed by atoms with Crippen LogP contribution in [0.1, 0.15) is 5.56 Å². The Kier molecular flexibility index (Phi) is 4.25. The number of H-pyrrole nitrogens is 2. The van der Waals surface area contributed by atoms with Gasteiger partial charge >= 0.3 is 5.69 Å². The first-order valence-corrected chi connectivity index (χ1v) is 9.31. The second kappa shape index (κ2) is 7.21. The molecule has 9 heteroatoms. The first-order chi connectivity index (χ1) is 14.7. The molecule has 0 spiro atoms. The molecule has 4 N–H and O–H groups in total. The van der Waals surface area contributed by atoms with Gasteiger partial charge in [0.1, 0.15) is 6.20 Å². The highest BCUT2D eigenvalue weighted by molar-refractivity contribution is 5.83. The van der Waals surface area contributed by atoms with Crippen molar-refractivity contribution >= 4 is 44.9 Å². The SMILES string of the molecule is O=[N+]([O-])c1cnc(Nc2ccc3[nH]ccc3c2)nc1NCc1ccc2[nH]ccc2c1. The van der Waals surface area contributed by atoms with Gasteiger partial charge in [-0.1, -0.05) is 6.07 Å². The van der Waals surface area contributed by atoms with Crippen molar-refractivity contribution in [2.75, 3.05) is 10.6 Å². The van der Waals surface area contributed by atoms with Gasteiger partial charge in [-0.2, -0.15) is 4.98 Å². The summed E-state index contributed by atoms with van der Waals surface area (Å²) in [6, 6.07) is 15.7. The largest absolute Gasteiger partial charge is 0.361 e. The van der Waals surface area contributed by atoms with Crippen LogP contribution in [0.25, 0.3) is 21.8 Å². The Morgan fingerprint density at radius 3 is 2.47 bits per heavy atom. The van der Waals surface area contributed by atoms with Gasteiger partial charge in [-0.05, 0) is 53.4 Å². The highest BCUT2D eigenvalue weighted by Gasteiger charge is 2.17. The molecule has 0 aliphatic carbocycles. The fourth-order valence-electron chi connectivity index (χ4n) is 3.36. The van der Waals surface area contributed by atoms with Crippen molar-refractivity contribution in [1.82, 2.24) is 19.9 Å². The third-order valence-corrected chi connectivity index (χ3v) is 4.85. The number of fused-ring (bicyclic) bond motifs is 2. The third kappa shape index (κ3) is 3.39. The molecule has 30 heavy (non-hydrogen) atoms. The van der Waals surface area contributed by atoms with E-state index in [1.165, 1.54) is 6.20 Å². The van der Waals surface area contributed by atoms with Gasteiger partial charge in [0.15, 0.2) is 0 Å². The summed E-state index contributed by atoms with van der Waals surface area (Å²) >= 11 is 0. The summed E-state index contributed by atoms with van der Waals surface area (Å²) in [7, 11) is 0. The molecule has 0 saturated heterocycles. The molecule has 0 bridgehead atoms. The summed E-state index contributed by atoms with van der Waals surface area (Å²) < 4.78 is 0. The molecule has 5 rings (SSSR count). The van der Waals surface area contributed by atoms with Crippen molar-refractivity contribution < 1.29 is 4.92 Å². The number of benzene rings is 2. The minimum atomic E-state index is -0.493. The van der Waals surface area contributed by atoms with Gasteiger partial charge in [-0.15, -0.1) is 0 Å². The first-order valence-electron chi connectivity index (χ1n) is 9.31. The predicted molar refractivity (Wildman–Crippen MR) is 116 cm³/mol. The van der Waals surface area contributed by atoms with E-state index in [1.807, 2.05) is 60.9 Å². The predicted octanol–water partition coefficient (Wildman–Crippen LogP) is 4.70. The van der Waals surface area contributed by atoms with E-state index < -0.39 is 4.92 Å². The number of hydrogen-bond donors (Lipinski definition) is 4. The van der Waals surface area contributed by atoms with Gasteiger partial charge in [0.25, 0.3) is 0 Å². The Morgan fingerprint density at radius 1 is 0.967 bits per heavy atom. The van der Waals surface area contributed by atoms with Crippen molar-refractivity contribution in [3.05, 3.63) is 82.8 Å². The van der Waals surface area contributed by atoms with Gasteiger partial charge < -0.3 is 20.6 Å². The minimum absolute atomic E-state index is 0.161. The molecular formula is C21H17N7O2. The van der Waals surface area contributed by atoms with Crippen molar-refractivity contribution in [3.63, 3.8) is 0 Å². The summed E-state index contributed by atoms with van der Waals surface area (Å²) in [6.07, 6.45) is 4.95. The quantitative estimate of drug-likeness (QED) is 0.242. The molecule has 0 aliphatic rings. The lowest BCUT2D eigenvalue weighted by Gasteiger charge is -2.09. The van der Waals surface area contributed by atoms with Crippen LogP contribution in [0.2, 0.25) is 0 Å².